The third-order valence-electron chi connectivity index (χ3n) is 7.78. The van der Waals surface area contributed by atoms with Crippen molar-refractivity contribution in [2.45, 2.75) is 34.6 Å². The number of ether oxygens (including phenoxy) is 1. The molecule has 0 N–H and O–H groups in total. The van der Waals surface area contributed by atoms with Gasteiger partial charge in [-0.1, -0.05) is 91.2 Å². The van der Waals surface area contributed by atoms with Crippen LogP contribution in [-0.2, 0) is 0 Å². The molecule has 0 aliphatic carbocycles. The molecule has 3 nitrogen and oxygen atoms in total. The van der Waals surface area contributed by atoms with Crippen molar-refractivity contribution in [3.63, 3.8) is 0 Å². The lowest BCUT2D eigenvalue weighted by atomic mass is 10.0. The average molecular weight is 591 g/mol. The van der Waals surface area contributed by atoms with E-state index in [1.54, 1.807) is 0 Å². The summed E-state index contributed by atoms with van der Waals surface area (Å²) in [6.45, 7) is 10.3. The molecule has 0 unspecified atom stereocenters. The molecule has 3 heteroatoms. The molecule has 6 aromatic rings. The summed E-state index contributed by atoms with van der Waals surface area (Å²) in [6.07, 6.45) is 0. The Kier molecular flexibility index (Phi) is 10.0. The van der Waals surface area contributed by atoms with Crippen LogP contribution in [0.25, 0.3) is 11.1 Å². The SMILES string of the molecule is CC.Cc1ccc(-c2ccc(N(c3ccc(C)cc3)c3ccc(Oc4ccc(N(C)c5ccc(C)cc5)cc4)cc3)cc2)cc1. The summed E-state index contributed by atoms with van der Waals surface area (Å²) in [6, 6.07) is 51.1. The van der Waals surface area contributed by atoms with Crippen molar-refractivity contribution in [3.8, 4) is 22.6 Å². The zero-order chi connectivity index (χ0) is 31.8. The zero-order valence-corrected chi connectivity index (χ0v) is 27.2. The van der Waals surface area contributed by atoms with E-state index in [1.807, 2.05) is 38.1 Å². The van der Waals surface area contributed by atoms with Crippen LogP contribution in [0, 0.1) is 20.8 Å². The second-order valence-electron chi connectivity index (χ2n) is 11.1. The molecule has 0 saturated heterocycles. The molecule has 0 bridgehead atoms. The lowest BCUT2D eigenvalue weighted by molar-refractivity contribution is 0.483. The van der Waals surface area contributed by atoms with E-state index >= 15 is 0 Å². The molecule has 0 saturated carbocycles. The quantitative estimate of drug-likeness (QED) is 0.175. The van der Waals surface area contributed by atoms with Gasteiger partial charge >= 0.3 is 0 Å². The number of hydrogen-bond donors (Lipinski definition) is 0. The van der Waals surface area contributed by atoms with E-state index in [2.05, 4.69) is 159 Å². The first-order valence-electron chi connectivity index (χ1n) is 15.7. The van der Waals surface area contributed by atoms with Crippen molar-refractivity contribution >= 4 is 28.4 Å². The molecule has 0 fully saturated rings. The van der Waals surface area contributed by atoms with Crippen molar-refractivity contribution in [2.75, 3.05) is 16.8 Å². The van der Waals surface area contributed by atoms with Crippen LogP contribution < -0.4 is 14.5 Å². The first-order valence-corrected chi connectivity index (χ1v) is 15.7. The van der Waals surface area contributed by atoms with Crippen LogP contribution in [0.4, 0.5) is 28.4 Å². The fourth-order valence-electron chi connectivity index (χ4n) is 5.14. The van der Waals surface area contributed by atoms with Crippen molar-refractivity contribution < 1.29 is 4.74 Å². The number of aryl methyl sites for hydroxylation is 3. The maximum atomic E-state index is 6.23. The van der Waals surface area contributed by atoms with E-state index in [0.29, 0.717) is 0 Å². The first-order chi connectivity index (χ1) is 21.9. The lowest BCUT2D eigenvalue weighted by Crippen LogP contribution is -2.09. The van der Waals surface area contributed by atoms with Gasteiger partial charge in [0.05, 0.1) is 0 Å². The van der Waals surface area contributed by atoms with E-state index in [4.69, 9.17) is 4.74 Å². The van der Waals surface area contributed by atoms with Gasteiger partial charge in [0.2, 0.25) is 0 Å². The molecule has 0 aliphatic rings. The molecule has 0 aromatic heterocycles. The Balaban J connectivity index is 0.00000196. The fourth-order valence-corrected chi connectivity index (χ4v) is 5.14. The molecule has 0 atom stereocenters. The summed E-state index contributed by atoms with van der Waals surface area (Å²) in [5.41, 5.74) is 11.7. The number of anilines is 5. The van der Waals surface area contributed by atoms with Crippen molar-refractivity contribution in [2.24, 2.45) is 0 Å². The highest BCUT2D eigenvalue weighted by molar-refractivity contribution is 5.78. The second-order valence-corrected chi connectivity index (χ2v) is 11.1. The third-order valence-corrected chi connectivity index (χ3v) is 7.78. The van der Waals surface area contributed by atoms with Crippen LogP contribution >= 0.6 is 0 Å². The Morgan fingerprint density at radius 3 is 1.02 bits per heavy atom. The molecule has 6 aromatic carbocycles. The van der Waals surface area contributed by atoms with Gasteiger partial charge in [-0.15, -0.1) is 0 Å². The van der Waals surface area contributed by atoms with E-state index in [1.165, 1.54) is 27.8 Å². The van der Waals surface area contributed by atoms with Gasteiger partial charge < -0.3 is 14.5 Å². The highest BCUT2D eigenvalue weighted by Gasteiger charge is 2.13. The third kappa shape index (κ3) is 7.63. The van der Waals surface area contributed by atoms with Gasteiger partial charge in [-0.2, -0.15) is 0 Å². The van der Waals surface area contributed by atoms with Crippen LogP contribution in [0.15, 0.2) is 146 Å². The summed E-state index contributed by atoms with van der Waals surface area (Å²) >= 11 is 0. The van der Waals surface area contributed by atoms with Gasteiger partial charge in [0.15, 0.2) is 0 Å². The Morgan fingerprint density at radius 2 is 0.622 bits per heavy atom. The molecule has 0 heterocycles. The first kappa shape index (κ1) is 31.2. The zero-order valence-electron chi connectivity index (χ0n) is 27.2. The summed E-state index contributed by atoms with van der Waals surface area (Å²) < 4.78 is 6.23. The van der Waals surface area contributed by atoms with E-state index in [9.17, 15) is 0 Å². The van der Waals surface area contributed by atoms with Crippen molar-refractivity contribution in [3.05, 3.63) is 162 Å². The maximum Gasteiger partial charge on any atom is 0.127 e. The van der Waals surface area contributed by atoms with Gasteiger partial charge in [0.1, 0.15) is 11.5 Å². The smallest absolute Gasteiger partial charge is 0.127 e. The molecule has 45 heavy (non-hydrogen) atoms. The molecule has 6 rings (SSSR count). The summed E-state index contributed by atoms with van der Waals surface area (Å²) in [5.74, 6) is 1.60. The van der Waals surface area contributed by atoms with Gasteiger partial charge in [-0.05, 0) is 117 Å². The Morgan fingerprint density at radius 1 is 0.356 bits per heavy atom. The molecular formula is C42H42N2O. The Hall–Kier alpha value is -5.28. The molecule has 0 radical (unpaired) electrons. The van der Waals surface area contributed by atoms with Gasteiger partial charge in [0.25, 0.3) is 0 Å². The molecule has 0 spiro atoms. The second kappa shape index (κ2) is 14.5. The fraction of sp³-hybridized carbons (Fsp3) is 0.143. The van der Waals surface area contributed by atoms with E-state index in [-0.39, 0.29) is 0 Å². The van der Waals surface area contributed by atoms with Crippen LogP contribution in [0.5, 0.6) is 11.5 Å². The van der Waals surface area contributed by atoms with Crippen molar-refractivity contribution in [1.29, 1.82) is 0 Å². The summed E-state index contributed by atoms with van der Waals surface area (Å²) in [7, 11) is 2.08. The van der Waals surface area contributed by atoms with Crippen LogP contribution in [0.2, 0.25) is 0 Å². The summed E-state index contributed by atoms with van der Waals surface area (Å²) in [4.78, 5) is 4.45. The monoisotopic (exact) mass is 590 g/mol. The predicted molar refractivity (Wildman–Crippen MR) is 193 cm³/mol. The maximum absolute atomic E-state index is 6.23. The predicted octanol–water partition coefficient (Wildman–Crippen LogP) is 12.3. The number of benzene rings is 6. The molecule has 0 amide bonds. The van der Waals surface area contributed by atoms with Gasteiger partial charge in [-0.3, -0.25) is 0 Å². The minimum absolute atomic E-state index is 0.793. The Bertz CT molecular complexity index is 1770. The lowest BCUT2D eigenvalue weighted by Gasteiger charge is -2.26. The minimum atomic E-state index is 0.793. The topological polar surface area (TPSA) is 15.7 Å². The van der Waals surface area contributed by atoms with E-state index in [0.717, 1.165) is 39.9 Å². The van der Waals surface area contributed by atoms with E-state index < -0.39 is 0 Å². The van der Waals surface area contributed by atoms with Crippen LogP contribution in [0.3, 0.4) is 0 Å². The van der Waals surface area contributed by atoms with Crippen molar-refractivity contribution in [1.82, 2.24) is 0 Å². The molecule has 226 valence electrons. The van der Waals surface area contributed by atoms with Gasteiger partial charge in [-0.25, -0.2) is 0 Å². The standard InChI is InChI=1S/C40H36N2O.C2H6/c1-29-5-11-32(12-6-29)33-13-19-37(20-14-33)42(36-17-9-31(3)10-18-36)38-23-27-40(28-24-38)43-39-25-21-35(22-26-39)41(4)34-15-7-30(2)8-16-34;1-2/h5-28H,1-4H3;1-2H3. The minimum Gasteiger partial charge on any atom is -0.457 e. The molecular weight excluding hydrogens is 548 g/mol. The molecule has 0 aliphatic heterocycles. The Labute approximate surface area is 269 Å². The number of rotatable bonds is 8. The van der Waals surface area contributed by atoms with Crippen LogP contribution in [0.1, 0.15) is 30.5 Å². The largest absolute Gasteiger partial charge is 0.457 e. The highest BCUT2D eigenvalue weighted by Crippen LogP contribution is 2.37. The number of hydrogen-bond acceptors (Lipinski definition) is 3. The van der Waals surface area contributed by atoms with Gasteiger partial charge in [0, 0.05) is 35.5 Å². The average Bonchev–Trinajstić information content (AvgIpc) is 3.08. The highest BCUT2D eigenvalue weighted by atomic mass is 16.5. The normalized spacial score (nSPS) is 10.4. The summed E-state index contributed by atoms with van der Waals surface area (Å²) in [5, 5.41) is 0. The number of nitrogens with zero attached hydrogens (tertiary/aromatic N) is 2. The van der Waals surface area contributed by atoms with Crippen LogP contribution in [-0.4, -0.2) is 7.05 Å².